The molecule has 0 saturated carbocycles. The van der Waals surface area contributed by atoms with E-state index in [-0.39, 0.29) is 6.04 Å². The van der Waals surface area contributed by atoms with Gasteiger partial charge in [0.1, 0.15) is 5.01 Å². The molecule has 0 unspecified atom stereocenters. The lowest BCUT2D eigenvalue weighted by Gasteiger charge is -1.94. The highest BCUT2D eigenvalue weighted by Gasteiger charge is 2.03. The summed E-state index contributed by atoms with van der Waals surface area (Å²) in [4.78, 5) is 14.8. The second-order valence-electron chi connectivity index (χ2n) is 2.01. The van der Waals surface area contributed by atoms with Gasteiger partial charge in [0.25, 0.3) is 0 Å². The van der Waals surface area contributed by atoms with Crippen LogP contribution < -0.4 is 5.73 Å². The van der Waals surface area contributed by atoms with E-state index in [4.69, 9.17) is 5.73 Å². The number of thiazole rings is 1. The van der Waals surface area contributed by atoms with Crippen molar-refractivity contribution in [2.24, 2.45) is 5.73 Å². The zero-order valence-corrected chi connectivity index (χ0v) is 6.39. The third-order valence-electron chi connectivity index (χ3n) is 1.05. The summed E-state index contributed by atoms with van der Waals surface area (Å²) in [5.41, 5.74) is 5.51. The first-order valence-electron chi connectivity index (χ1n) is 2.90. The number of carbonyl (C=O) groups is 1. The van der Waals surface area contributed by atoms with Gasteiger partial charge in [-0.05, 0) is 6.92 Å². The lowest BCUT2D eigenvalue weighted by Crippen LogP contribution is -2.03. The maximum absolute atomic E-state index is 10.2. The standard InChI is InChI=1S/C6H8N2OS/c1-4(7)6-8-2-5(3-9)10-6/h2-4H,7H2,1H3/t4-/m1/s1. The van der Waals surface area contributed by atoms with Crippen LogP contribution in [-0.4, -0.2) is 11.3 Å². The Kier molecular flexibility index (Phi) is 2.13. The van der Waals surface area contributed by atoms with Gasteiger partial charge in [0, 0.05) is 6.20 Å². The van der Waals surface area contributed by atoms with Gasteiger partial charge in [0.05, 0.1) is 10.9 Å². The fourth-order valence-electron chi connectivity index (χ4n) is 0.566. The summed E-state index contributed by atoms with van der Waals surface area (Å²) in [7, 11) is 0. The van der Waals surface area contributed by atoms with Crippen molar-refractivity contribution in [3.05, 3.63) is 16.1 Å². The molecule has 1 heterocycles. The van der Waals surface area contributed by atoms with E-state index in [0.717, 1.165) is 11.3 Å². The molecule has 0 aliphatic rings. The molecule has 54 valence electrons. The zero-order valence-electron chi connectivity index (χ0n) is 5.57. The zero-order chi connectivity index (χ0) is 7.56. The second kappa shape index (κ2) is 2.90. The topological polar surface area (TPSA) is 56.0 Å². The molecule has 0 amide bonds. The Morgan fingerprint density at radius 2 is 2.60 bits per heavy atom. The van der Waals surface area contributed by atoms with E-state index in [1.165, 1.54) is 17.5 Å². The SMILES string of the molecule is C[C@@H](N)c1ncc(C=O)s1. The molecular weight excluding hydrogens is 148 g/mol. The van der Waals surface area contributed by atoms with Crippen LogP contribution in [-0.2, 0) is 0 Å². The normalized spacial score (nSPS) is 13.0. The fourth-order valence-corrected chi connectivity index (χ4v) is 1.25. The van der Waals surface area contributed by atoms with E-state index in [2.05, 4.69) is 4.98 Å². The van der Waals surface area contributed by atoms with Gasteiger partial charge in [-0.15, -0.1) is 11.3 Å². The van der Waals surface area contributed by atoms with Gasteiger partial charge in [-0.3, -0.25) is 4.79 Å². The predicted octanol–water partition coefficient (Wildman–Crippen LogP) is 0.975. The van der Waals surface area contributed by atoms with Crippen molar-refractivity contribution in [3.8, 4) is 0 Å². The number of carbonyl (C=O) groups excluding carboxylic acids is 1. The van der Waals surface area contributed by atoms with Crippen molar-refractivity contribution < 1.29 is 4.79 Å². The fraction of sp³-hybridized carbons (Fsp3) is 0.333. The number of nitrogens with two attached hydrogens (primary N) is 1. The van der Waals surface area contributed by atoms with Gasteiger partial charge in [0.15, 0.2) is 6.29 Å². The molecule has 0 spiro atoms. The Bertz CT molecular complexity index is 231. The number of aromatic nitrogens is 1. The molecule has 10 heavy (non-hydrogen) atoms. The average molecular weight is 156 g/mol. The molecule has 4 heteroatoms. The summed E-state index contributed by atoms with van der Waals surface area (Å²) < 4.78 is 0. The summed E-state index contributed by atoms with van der Waals surface area (Å²) in [6.45, 7) is 1.84. The van der Waals surface area contributed by atoms with E-state index in [0.29, 0.717) is 4.88 Å². The highest BCUT2D eigenvalue weighted by atomic mass is 32.1. The number of aldehydes is 1. The highest BCUT2D eigenvalue weighted by Crippen LogP contribution is 2.15. The maximum atomic E-state index is 10.2. The molecule has 0 aliphatic carbocycles. The van der Waals surface area contributed by atoms with Crippen LogP contribution in [0.25, 0.3) is 0 Å². The van der Waals surface area contributed by atoms with Crippen LogP contribution in [0, 0.1) is 0 Å². The van der Waals surface area contributed by atoms with Crippen LogP contribution in [0.1, 0.15) is 27.6 Å². The Morgan fingerprint density at radius 1 is 1.90 bits per heavy atom. The van der Waals surface area contributed by atoms with Crippen molar-refractivity contribution in [1.29, 1.82) is 0 Å². The molecule has 0 bridgehead atoms. The Morgan fingerprint density at radius 3 is 2.90 bits per heavy atom. The van der Waals surface area contributed by atoms with Gasteiger partial charge < -0.3 is 5.73 Å². The van der Waals surface area contributed by atoms with Crippen LogP contribution in [0.15, 0.2) is 6.20 Å². The number of hydrogen-bond acceptors (Lipinski definition) is 4. The smallest absolute Gasteiger partial charge is 0.161 e. The van der Waals surface area contributed by atoms with E-state index in [1.54, 1.807) is 0 Å². The molecule has 1 aromatic rings. The van der Waals surface area contributed by atoms with Crippen LogP contribution in [0.2, 0.25) is 0 Å². The summed E-state index contributed by atoms with van der Waals surface area (Å²) >= 11 is 1.34. The van der Waals surface area contributed by atoms with E-state index >= 15 is 0 Å². The van der Waals surface area contributed by atoms with Crippen LogP contribution in [0.4, 0.5) is 0 Å². The molecular formula is C6H8N2OS. The first-order valence-corrected chi connectivity index (χ1v) is 3.72. The van der Waals surface area contributed by atoms with Crippen molar-refractivity contribution in [3.63, 3.8) is 0 Å². The molecule has 1 aromatic heterocycles. The van der Waals surface area contributed by atoms with Gasteiger partial charge in [-0.1, -0.05) is 0 Å². The summed E-state index contributed by atoms with van der Waals surface area (Å²) in [6.07, 6.45) is 2.32. The lowest BCUT2D eigenvalue weighted by atomic mass is 10.4. The average Bonchev–Trinajstić information content (AvgIpc) is 2.34. The molecule has 0 fully saturated rings. The molecule has 0 aliphatic heterocycles. The van der Waals surface area contributed by atoms with E-state index in [9.17, 15) is 4.79 Å². The quantitative estimate of drug-likeness (QED) is 0.649. The Balaban J connectivity index is 2.88. The van der Waals surface area contributed by atoms with Crippen LogP contribution >= 0.6 is 11.3 Å². The third-order valence-corrected chi connectivity index (χ3v) is 2.17. The molecule has 1 atom stereocenters. The number of rotatable bonds is 2. The lowest BCUT2D eigenvalue weighted by molar-refractivity contribution is 0.112. The second-order valence-corrected chi connectivity index (χ2v) is 3.10. The minimum Gasteiger partial charge on any atom is -0.322 e. The molecule has 3 nitrogen and oxygen atoms in total. The maximum Gasteiger partial charge on any atom is 0.161 e. The highest BCUT2D eigenvalue weighted by molar-refractivity contribution is 7.13. The molecule has 2 N–H and O–H groups in total. The Hall–Kier alpha value is -0.740. The number of hydrogen-bond donors (Lipinski definition) is 1. The van der Waals surface area contributed by atoms with Gasteiger partial charge >= 0.3 is 0 Å². The monoisotopic (exact) mass is 156 g/mol. The van der Waals surface area contributed by atoms with Crippen molar-refractivity contribution in [2.45, 2.75) is 13.0 Å². The largest absolute Gasteiger partial charge is 0.322 e. The number of nitrogens with zero attached hydrogens (tertiary/aromatic N) is 1. The third kappa shape index (κ3) is 1.40. The first-order chi connectivity index (χ1) is 4.74. The minimum atomic E-state index is -0.0706. The van der Waals surface area contributed by atoms with Gasteiger partial charge in [-0.2, -0.15) is 0 Å². The Labute approximate surface area is 62.9 Å². The van der Waals surface area contributed by atoms with Crippen LogP contribution in [0.5, 0.6) is 0 Å². The van der Waals surface area contributed by atoms with Crippen LogP contribution in [0.3, 0.4) is 0 Å². The predicted molar refractivity (Wildman–Crippen MR) is 40.1 cm³/mol. The van der Waals surface area contributed by atoms with E-state index < -0.39 is 0 Å². The van der Waals surface area contributed by atoms with Gasteiger partial charge in [0.2, 0.25) is 0 Å². The minimum absolute atomic E-state index is 0.0706. The molecule has 0 radical (unpaired) electrons. The van der Waals surface area contributed by atoms with Crippen molar-refractivity contribution in [1.82, 2.24) is 4.98 Å². The first kappa shape index (κ1) is 7.37. The van der Waals surface area contributed by atoms with E-state index in [1.807, 2.05) is 6.92 Å². The molecule has 0 saturated heterocycles. The van der Waals surface area contributed by atoms with Crippen molar-refractivity contribution >= 4 is 17.6 Å². The van der Waals surface area contributed by atoms with Crippen molar-refractivity contribution in [2.75, 3.05) is 0 Å². The summed E-state index contributed by atoms with van der Waals surface area (Å²) in [6, 6.07) is -0.0706. The summed E-state index contributed by atoms with van der Waals surface area (Å²) in [5.74, 6) is 0. The molecule has 0 aromatic carbocycles. The summed E-state index contributed by atoms with van der Waals surface area (Å²) in [5, 5.41) is 0.808. The van der Waals surface area contributed by atoms with Gasteiger partial charge in [-0.25, -0.2) is 4.98 Å². The molecule has 1 rings (SSSR count).